The molecule has 0 aromatic rings. The van der Waals surface area contributed by atoms with Crippen molar-refractivity contribution < 1.29 is 23.8 Å². The fraction of sp³-hybridized carbons (Fsp3) is 0.692. The molecule has 0 saturated heterocycles. The molecule has 0 aromatic carbocycles. The first-order valence-corrected chi connectivity index (χ1v) is 5.91. The number of hydrogen-bond acceptors (Lipinski definition) is 5. The van der Waals surface area contributed by atoms with Crippen molar-refractivity contribution in [3.8, 4) is 0 Å². The number of ether oxygens (including phenoxy) is 3. The van der Waals surface area contributed by atoms with Crippen molar-refractivity contribution in [2.75, 3.05) is 26.4 Å². The molecule has 0 aromatic heterocycles. The topological polar surface area (TPSA) is 61.8 Å². The maximum absolute atomic E-state index is 10.9. The third-order valence-electron chi connectivity index (χ3n) is 2.56. The second-order valence-corrected chi connectivity index (χ2v) is 4.22. The fourth-order valence-electron chi connectivity index (χ4n) is 1.30. The van der Waals surface area contributed by atoms with E-state index in [1.807, 2.05) is 6.92 Å². The summed E-state index contributed by atoms with van der Waals surface area (Å²) < 4.78 is 15.5. The van der Waals surface area contributed by atoms with E-state index in [1.54, 1.807) is 6.08 Å². The average molecular weight is 258 g/mol. The molecule has 104 valence electrons. The number of carbonyl (C=O) groups is 2. The van der Waals surface area contributed by atoms with Crippen LogP contribution in [0.2, 0.25) is 0 Å². The van der Waals surface area contributed by atoms with Gasteiger partial charge in [-0.1, -0.05) is 13.0 Å². The summed E-state index contributed by atoms with van der Waals surface area (Å²) in [7, 11) is 0. The van der Waals surface area contributed by atoms with Gasteiger partial charge in [0, 0.05) is 13.8 Å². The minimum atomic E-state index is -0.500. The predicted octanol–water partition coefficient (Wildman–Crippen LogP) is 1.71. The van der Waals surface area contributed by atoms with Crippen molar-refractivity contribution in [2.45, 2.75) is 27.2 Å². The summed E-state index contributed by atoms with van der Waals surface area (Å²) >= 11 is 0. The predicted molar refractivity (Wildman–Crippen MR) is 67.0 cm³/mol. The molecule has 0 heterocycles. The van der Waals surface area contributed by atoms with Gasteiger partial charge in [0.25, 0.3) is 0 Å². The molecule has 18 heavy (non-hydrogen) atoms. The van der Waals surface area contributed by atoms with Gasteiger partial charge in [0.1, 0.15) is 13.2 Å². The first-order valence-electron chi connectivity index (χ1n) is 5.91. The van der Waals surface area contributed by atoms with Crippen LogP contribution in [-0.2, 0) is 23.8 Å². The Kier molecular flexibility index (Phi) is 8.03. The molecule has 0 N–H and O–H groups in total. The monoisotopic (exact) mass is 258 g/mol. The van der Waals surface area contributed by atoms with Crippen LogP contribution >= 0.6 is 0 Å². The van der Waals surface area contributed by atoms with Gasteiger partial charge >= 0.3 is 11.9 Å². The lowest BCUT2D eigenvalue weighted by atomic mass is 9.88. The van der Waals surface area contributed by atoms with Crippen LogP contribution in [0.15, 0.2) is 12.7 Å². The molecule has 5 heteroatoms. The molecular formula is C13H22O5. The second-order valence-electron chi connectivity index (χ2n) is 4.22. The van der Waals surface area contributed by atoms with E-state index in [2.05, 4.69) is 6.58 Å². The van der Waals surface area contributed by atoms with Crippen LogP contribution in [0.4, 0.5) is 0 Å². The van der Waals surface area contributed by atoms with Crippen molar-refractivity contribution in [3.05, 3.63) is 12.7 Å². The highest BCUT2D eigenvalue weighted by molar-refractivity contribution is 5.66. The highest BCUT2D eigenvalue weighted by Gasteiger charge is 2.32. The quantitative estimate of drug-likeness (QED) is 0.358. The molecule has 0 saturated carbocycles. The highest BCUT2D eigenvalue weighted by atomic mass is 16.6. The Balaban J connectivity index is 4.52. The van der Waals surface area contributed by atoms with E-state index < -0.39 is 5.41 Å². The minimum absolute atomic E-state index is 0.170. The standard InChI is InChI=1S/C13H22O5/c1-5-7-16-8-13(6-2,9-17-11(3)14)10-18-12(4)15/h5H,1,6-10H2,2-4H3. The molecule has 0 radical (unpaired) electrons. The third-order valence-corrected chi connectivity index (χ3v) is 2.56. The SMILES string of the molecule is C=CCOCC(CC)(COC(C)=O)COC(C)=O. The van der Waals surface area contributed by atoms with Crippen LogP contribution in [0.3, 0.4) is 0 Å². The lowest BCUT2D eigenvalue weighted by Crippen LogP contribution is -2.38. The van der Waals surface area contributed by atoms with Crippen molar-refractivity contribution in [1.82, 2.24) is 0 Å². The summed E-state index contributed by atoms with van der Waals surface area (Å²) in [6, 6.07) is 0. The molecule has 0 amide bonds. The van der Waals surface area contributed by atoms with Crippen LogP contribution < -0.4 is 0 Å². The Morgan fingerprint density at radius 3 is 1.94 bits per heavy atom. The number of rotatable bonds is 9. The Labute approximate surface area is 108 Å². The molecule has 5 nitrogen and oxygen atoms in total. The summed E-state index contributed by atoms with van der Waals surface area (Å²) in [5, 5.41) is 0. The van der Waals surface area contributed by atoms with Crippen LogP contribution in [0, 0.1) is 5.41 Å². The first-order chi connectivity index (χ1) is 8.45. The summed E-state index contributed by atoms with van der Waals surface area (Å²) in [5.74, 6) is -0.723. The van der Waals surface area contributed by atoms with Crippen LogP contribution in [0.5, 0.6) is 0 Å². The molecule has 0 aliphatic rings. The van der Waals surface area contributed by atoms with Gasteiger partial charge < -0.3 is 14.2 Å². The van der Waals surface area contributed by atoms with E-state index in [9.17, 15) is 9.59 Å². The molecule has 0 unspecified atom stereocenters. The van der Waals surface area contributed by atoms with Crippen molar-refractivity contribution >= 4 is 11.9 Å². The van der Waals surface area contributed by atoms with E-state index in [-0.39, 0.29) is 25.2 Å². The fourth-order valence-corrected chi connectivity index (χ4v) is 1.30. The molecule has 0 bridgehead atoms. The smallest absolute Gasteiger partial charge is 0.302 e. The van der Waals surface area contributed by atoms with Crippen molar-refractivity contribution in [3.63, 3.8) is 0 Å². The maximum Gasteiger partial charge on any atom is 0.302 e. The Morgan fingerprint density at radius 2 is 1.61 bits per heavy atom. The molecule has 0 aliphatic heterocycles. The average Bonchev–Trinajstić information content (AvgIpc) is 2.32. The van der Waals surface area contributed by atoms with Gasteiger partial charge in [-0.2, -0.15) is 0 Å². The van der Waals surface area contributed by atoms with Gasteiger partial charge in [0.2, 0.25) is 0 Å². The van der Waals surface area contributed by atoms with Crippen LogP contribution in [-0.4, -0.2) is 38.4 Å². The highest BCUT2D eigenvalue weighted by Crippen LogP contribution is 2.24. The van der Waals surface area contributed by atoms with Gasteiger partial charge in [0.15, 0.2) is 0 Å². The van der Waals surface area contributed by atoms with Crippen molar-refractivity contribution in [1.29, 1.82) is 0 Å². The molecule has 0 atom stereocenters. The van der Waals surface area contributed by atoms with Gasteiger partial charge in [0.05, 0.1) is 18.6 Å². The molecule has 0 rings (SSSR count). The maximum atomic E-state index is 10.9. The lowest BCUT2D eigenvalue weighted by molar-refractivity contribution is -0.154. The van der Waals surface area contributed by atoms with Gasteiger partial charge in [-0.3, -0.25) is 9.59 Å². The first kappa shape index (κ1) is 16.6. The van der Waals surface area contributed by atoms with E-state index in [1.165, 1.54) is 13.8 Å². The number of esters is 2. The van der Waals surface area contributed by atoms with E-state index in [4.69, 9.17) is 14.2 Å². The summed E-state index contributed by atoms with van der Waals surface area (Å²) in [5.41, 5.74) is -0.500. The van der Waals surface area contributed by atoms with Crippen LogP contribution in [0.1, 0.15) is 27.2 Å². The van der Waals surface area contributed by atoms with Gasteiger partial charge in [-0.15, -0.1) is 6.58 Å². The summed E-state index contributed by atoms with van der Waals surface area (Å²) in [4.78, 5) is 21.8. The Morgan fingerprint density at radius 1 is 1.11 bits per heavy atom. The summed E-state index contributed by atoms with van der Waals surface area (Å²) in [6.07, 6.45) is 2.31. The third kappa shape index (κ3) is 7.06. The Hall–Kier alpha value is -1.36. The largest absolute Gasteiger partial charge is 0.465 e. The van der Waals surface area contributed by atoms with Gasteiger partial charge in [-0.25, -0.2) is 0 Å². The number of carbonyl (C=O) groups excluding carboxylic acids is 2. The lowest BCUT2D eigenvalue weighted by Gasteiger charge is -2.30. The van der Waals surface area contributed by atoms with E-state index in [0.717, 1.165) is 0 Å². The summed E-state index contributed by atoms with van der Waals surface area (Å²) in [6.45, 7) is 9.27. The number of hydrogen-bond donors (Lipinski definition) is 0. The molecule has 0 fully saturated rings. The van der Waals surface area contributed by atoms with E-state index >= 15 is 0 Å². The zero-order chi connectivity index (χ0) is 14.0. The minimum Gasteiger partial charge on any atom is -0.465 e. The zero-order valence-corrected chi connectivity index (χ0v) is 11.4. The van der Waals surface area contributed by atoms with E-state index in [0.29, 0.717) is 19.6 Å². The normalized spacial score (nSPS) is 10.8. The zero-order valence-electron chi connectivity index (χ0n) is 11.4. The molecule has 0 aliphatic carbocycles. The van der Waals surface area contributed by atoms with Crippen LogP contribution in [0.25, 0.3) is 0 Å². The second kappa shape index (κ2) is 8.69. The van der Waals surface area contributed by atoms with Crippen molar-refractivity contribution in [2.24, 2.45) is 5.41 Å². The van der Waals surface area contributed by atoms with Gasteiger partial charge in [-0.05, 0) is 6.42 Å². The molecular weight excluding hydrogens is 236 g/mol. The Bertz CT molecular complexity index is 267. The molecule has 0 spiro atoms.